The summed E-state index contributed by atoms with van der Waals surface area (Å²) in [6.45, 7) is 1.94. The van der Waals surface area contributed by atoms with Crippen molar-refractivity contribution < 1.29 is 18.1 Å². The number of phosphoric ester groups is 1. The van der Waals surface area contributed by atoms with E-state index in [4.69, 9.17) is 13.6 Å². The molecule has 1 unspecified atom stereocenters. The van der Waals surface area contributed by atoms with Gasteiger partial charge in [-0.2, -0.15) is 4.57 Å². The van der Waals surface area contributed by atoms with Crippen molar-refractivity contribution in [3.05, 3.63) is 115 Å². The first kappa shape index (κ1) is 20.2. The van der Waals surface area contributed by atoms with E-state index in [1.165, 1.54) is 0 Å². The van der Waals surface area contributed by atoms with Crippen molar-refractivity contribution in [2.75, 3.05) is 0 Å². The summed E-state index contributed by atoms with van der Waals surface area (Å²) in [5, 5.41) is 3.82. The van der Waals surface area contributed by atoms with Crippen LogP contribution in [0.3, 0.4) is 0 Å². The van der Waals surface area contributed by atoms with Crippen LogP contribution < -0.4 is 13.6 Å². The van der Waals surface area contributed by atoms with Crippen LogP contribution in [-0.2, 0) is 4.57 Å². The van der Waals surface area contributed by atoms with Gasteiger partial charge in [-0.3, -0.25) is 0 Å². The molecule has 0 heterocycles. The largest absolute Gasteiger partial charge is 0.647 e. The van der Waals surface area contributed by atoms with Gasteiger partial charge in [-0.1, -0.05) is 78.9 Å². The van der Waals surface area contributed by atoms with Crippen LogP contribution in [0.4, 0.5) is 0 Å². The summed E-state index contributed by atoms with van der Waals surface area (Å²) >= 11 is 0. The van der Waals surface area contributed by atoms with Crippen LogP contribution in [0.25, 0.3) is 21.5 Å². The predicted octanol–water partition coefficient (Wildman–Crippen LogP) is 7.95. The third-order valence-electron chi connectivity index (χ3n) is 5.10. The summed E-state index contributed by atoms with van der Waals surface area (Å²) in [7, 11) is -4.09. The Labute approximate surface area is 186 Å². The van der Waals surface area contributed by atoms with Crippen molar-refractivity contribution in [2.45, 2.75) is 6.92 Å². The Bertz CT molecular complexity index is 1460. The first-order chi connectivity index (χ1) is 15.6. The maximum atomic E-state index is 13.9. The van der Waals surface area contributed by atoms with E-state index < -0.39 is 7.82 Å². The molecule has 0 spiro atoms. The number of phosphoric acid groups is 1. The molecule has 0 aromatic heterocycles. The molecule has 0 saturated carbocycles. The Morgan fingerprint density at radius 2 is 1.22 bits per heavy atom. The maximum absolute atomic E-state index is 13.9. The fraction of sp³-hybridized carbons (Fsp3) is 0.0370. The fourth-order valence-electron chi connectivity index (χ4n) is 3.61. The molecular weight excluding hydrogens is 419 g/mol. The summed E-state index contributed by atoms with van der Waals surface area (Å²) < 4.78 is 31.7. The number of benzene rings is 5. The topological polar surface area (TPSA) is 44.8 Å². The highest BCUT2D eigenvalue weighted by Crippen LogP contribution is 2.51. The number of aryl methyl sites for hydroxylation is 1. The fourth-order valence-corrected chi connectivity index (χ4v) is 4.86. The summed E-state index contributed by atoms with van der Waals surface area (Å²) in [6.07, 6.45) is 0. The lowest BCUT2D eigenvalue weighted by Crippen LogP contribution is -2.08. The van der Waals surface area contributed by atoms with E-state index in [-0.39, 0.29) is 0 Å². The van der Waals surface area contributed by atoms with E-state index in [9.17, 15) is 4.57 Å². The molecule has 5 aromatic rings. The van der Waals surface area contributed by atoms with Gasteiger partial charge < -0.3 is 13.6 Å². The summed E-state index contributed by atoms with van der Waals surface area (Å²) in [6, 6.07) is 34.0. The minimum Gasteiger partial charge on any atom is -0.386 e. The zero-order valence-corrected chi connectivity index (χ0v) is 18.4. The van der Waals surface area contributed by atoms with Crippen molar-refractivity contribution in [3.63, 3.8) is 0 Å². The Morgan fingerprint density at radius 3 is 2.03 bits per heavy atom. The second kappa shape index (κ2) is 8.41. The van der Waals surface area contributed by atoms with Crippen LogP contribution in [0.2, 0.25) is 0 Å². The van der Waals surface area contributed by atoms with Gasteiger partial charge >= 0.3 is 7.82 Å². The van der Waals surface area contributed by atoms with Gasteiger partial charge in [0.25, 0.3) is 0 Å². The molecule has 5 aromatic carbocycles. The van der Waals surface area contributed by atoms with Gasteiger partial charge in [0.2, 0.25) is 0 Å². The quantitative estimate of drug-likeness (QED) is 0.251. The van der Waals surface area contributed by atoms with Crippen molar-refractivity contribution in [3.8, 4) is 17.2 Å². The van der Waals surface area contributed by atoms with E-state index in [2.05, 4.69) is 0 Å². The van der Waals surface area contributed by atoms with E-state index in [0.717, 1.165) is 27.1 Å². The van der Waals surface area contributed by atoms with Crippen LogP contribution in [0.15, 0.2) is 109 Å². The van der Waals surface area contributed by atoms with Crippen molar-refractivity contribution >= 4 is 29.4 Å². The van der Waals surface area contributed by atoms with Crippen molar-refractivity contribution in [1.82, 2.24) is 0 Å². The molecule has 0 N–H and O–H groups in total. The molecule has 0 radical (unpaired) electrons. The highest BCUT2D eigenvalue weighted by molar-refractivity contribution is 7.49. The zero-order chi connectivity index (χ0) is 22.0. The highest BCUT2D eigenvalue weighted by atomic mass is 31.2. The first-order valence-electron chi connectivity index (χ1n) is 10.3. The SMILES string of the molecule is Cc1cccc(OP(=O)(Oc2ccc3ccccc3c2)Oc2cccc3ccccc23)c1. The van der Waals surface area contributed by atoms with Gasteiger partial charge in [-0.25, -0.2) is 0 Å². The average molecular weight is 440 g/mol. The van der Waals surface area contributed by atoms with Gasteiger partial charge in [-0.15, -0.1) is 0 Å². The molecule has 0 aliphatic carbocycles. The van der Waals surface area contributed by atoms with Crippen LogP contribution in [0.1, 0.15) is 5.56 Å². The summed E-state index contributed by atoms with van der Waals surface area (Å²) in [5.74, 6) is 1.24. The molecule has 0 aliphatic heterocycles. The van der Waals surface area contributed by atoms with Crippen LogP contribution in [-0.4, -0.2) is 0 Å². The number of fused-ring (bicyclic) bond motifs is 2. The van der Waals surface area contributed by atoms with Crippen LogP contribution in [0.5, 0.6) is 17.2 Å². The molecule has 5 rings (SSSR count). The molecule has 0 saturated heterocycles. The van der Waals surface area contributed by atoms with E-state index in [1.807, 2.05) is 91.9 Å². The summed E-state index contributed by atoms with van der Waals surface area (Å²) in [5.41, 5.74) is 0.977. The maximum Gasteiger partial charge on any atom is 0.647 e. The van der Waals surface area contributed by atoms with E-state index in [1.54, 1.807) is 24.3 Å². The molecule has 0 amide bonds. The molecule has 32 heavy (non-hydrogen) atoms. The third kappa shape index (κ3) is 4.32. The van der Waals surface area contributed by atoms with Crippen LogP contribution >= 0.6 is 7.82 Å². The lowest BCUT2D eigenvalue weighted by molar-refractivity contribution is 0.299. The molecular formula is C27H21O4P. The summed E-state index contributed by atoms with van der Waals surface area (Å²) in [4.78, 5) is 0. The monoisotopic (exact) mass is 440 g/mol. The van der Waals surface area contributed by atoms with Crippen molar-refractivity contribution in [1.29, 1.82) is 0 Å². The molecule has 5 heteroatoms. The molecule has 158 valence electrons. The lowest BCUT2D eigenvalue weighted by Gasteiger charge is -2.20. The molecule has 1 atom stereocenters. The minimum absolute atomic E-state index is 0.403. The number of hydrogen-bond acceptors (Lipinski definition) is 4. The Balaban J connectivity index is 1.55. The second-order valence-corrected chi connectivity index (χ2v) is 8.97. The Morgan fingerprint density at radius 1 is 0.562 bits per heavy atom. The van der Waals surface area contributed by atoms with Crippen LogP contribution in [0, 0.1) is 6.92 Å². The van der Waals surface area contributed by atoms with Gasteiger partial charge in [0.05, 0.1) is 0 Å². The van der Waals surface area contributed by atoms with E-state index in [0.29, 0.717) is 17.2 Å². The number of hydrogen-bond donors (Lipinski definition) is 0. The first-order valence-corrected chi connectivity index (χ1v) is 11.8. The second-order valence-electron chi connectivity index (χ2n) is 7.52. The number of rotatable bonds is 6. The normalized spacial score (nSPS) is 12.9. The van der Waals surface area contributed by atoms with Crippen molar-refractivity contribution in [2.24, 2.45) is 0 Å². The van der Waals surface area contributed by atoms with Gasteiger partial charge in [0, 0.05) is 5.39 Å². The zero-order valence-electron chi connectivity index (χ0n) is 17.5. The Hall–Kier alpha value is -3.75. The predicted molar refractivity (Wildman–Crippen MR) is 129 cm³/mol. The molecule has 0 aliphatic rings. The standard InChI is InChI=1S/C27H21O4P/c1-20-8-6-13-24(18-20)29-32(28,30-25-17-16-21-9-2-3-11-23(21)19-25)31-27-15-7-12-22-10-4-5-14-26(22)27/h2-19H,1H3. The lowest BCUT2D eigenvalue weighted by atomic mass is 10.1. The molecule has 0 bridgehead atoms. The smallest absolute Gasteiger partial charge is 0.386 e. The Kier molecular flexibility index (Phi) is 5.30. The van der Waals surface area contributed by atoms with Gasteiger partial charge in [0.15, 0.2) is 0 Å². The molecule has 0 fully saturated rings. The van der Waals surface area contributed by atoms with E-state index >= 15 is 0 Å². The molecule has 4 nitrogen and oxygen atoms in total. The highest BCUT2D eigenvalue weighted by Gasteiger charge is 2.34. The average Bonchev–Trinajstić information content (AvgIpc) is 2.79. The van der Waals surface area contributed by atoms with Gasteiger partial charge in [0.1, 0.15) is 17.2 Å². The van der Waals surface area contributed by atoms with Gasteiger partial charge in [-0.05, 0) is 59.0 Å². The third-order valence-corrected chi connectivity index (χ3v) is 6.39. The minimum atomic E-state index is -4.09.